The van der Waals surface area contributed by atoms with E-state index in [1.54, 1.807) is 0 Å². The molecule has 0 fully saturated rings. The fraction of sp³-hybridized carbons (Fsp3) is 0.417. The maximum atomic E-state index is 12.7. The monoisotopic (exact) mass is 409 g/mol. The number of hydrogen-bond acceptors (Lipinski definition) is 4. The molecule has 160 valence electrons. The third kappa shape index (κ3) is 5.75. The van der Waals surface area contributed by atoms with Gasteiger partial charge in [-0.1, -0.05) is 56.3 Å². The summed E-state index contributed by atoms with van der Waals surface area (Å²) in [7, 11) is 2.11. The molecule has 0 unspecified atom stereocenters. The topological polar surface area (TPSA) is 70.7 Å². The average Bonchev–Trinajstić information content (AvgIpc) is 2.75. The normalized spacial score (nSPS) is 14.1. The Balaban J connectivity index is 1.53. The summed E-state index contributed by atoms with van der Waals surface area (Å²) in [5.41, 5.74) is 4.54. The van der Waals surface area contributed by atoms with Crippen molar-refractivity contribution in [3.8, 4) is 0 Å². The molecule has 0 aromatic heterocycles. The van der Waals surface area contributed by atoms with Crippen LogP contribution in [-0.4, -0.2) is 31.6 Å². The molecule has 0 spiro atoms. The predicted molar refractivity (Wildman–Crippen MR) is 118 cm³/mol. The van der Waals surface area contributed by atoms with Crippen LogP contribution in [0, 0.1) is 5.92 Å². The lowest BCUT2D eigenvalue weighted by Gasteiger charge is -2.28. The minimum atomic E-state index is -0.656. The highest BCUT2D eigenvalue weighted by Crippen LogP contribution is 2.26. The van der Waals surface area contributed by atoms with Crippen LogP contribution in [0.2, 0.25) is 0 Å². The average molecular weight is 410 g/mol. The molecule has 0 saturated carbocycles. The van der Waals surface area contributed by atoms with Gasteiger partial charge in [0.05, 0.1) is 0 Å². The summed E-state index contributed by atoms with van der Waals surface area (Å²) in [4.78, 5) is 27.2. The van der Waals surface area contributed by atoms with Crippen molar-refractivity contribution >= 4 is 17.7 Å². The van der Waals surface area contributed by atoms with Crippen LogP contribution in [0.25, 0.3) is 0 Å². The number of ether oxygens (including phenoxy) is 1. The fourth-order valence-corrected chi connectivity index (χ4v) is 3.67. The summed E-state index contributed by atoms with van der Waals surface area (Å²) in [5, 5.41) is 5.65. The molecular weight excluding hydrogens is 378 g/mol. The largest absolute Gasteiger partial charge is 0.445 e. The second-order valence-electron chi connectivity index (χ2n) is 8.13. The van der Waals surface area contributed by atoms with E-state index in [0.29, 0.717) is 6.54 Å². The molecule has 1 atom stereocenters. The first-order chi connectivity index (χ1) is 14.4. The first-order valence-corrected chi connectivity index (χ1v) is 10.5. The number of benzene rings is 2. The second-order valence-corrected chi connectivity index (χ2v) is 8.13. The molecule has 1 aliphatic rings. The van der Waals surface area contributed by atoms with Gasteiger partial charge in [0.15, 0.2) is 0 Å². The van der Waals surface area contributed by atoms with Crippen LogP contribution in [0.15, 0.2) is 48.5 Å². The van der Waals surface area contributed by atoms with E-state index in [-0.39, 0.29) is 18.4 Å². The van der Waals surface area contributed by atoms with Crippen LogP contribution in [0.1, 0.15) is 37.0 Å². The number of carbonyl (C=O) groups excluding carboxylic acids is 2. The van der Waals surface area contributed by atoms with Crippen LogP contribution in [0.5, 0.6) is 0 Å². The Kier molecular flexibility index (Phi) is 7.33. The molecule has 0 bridgehead atoms. The number of carbonyl (C=O) groups is 2. The van der Waals surface area contributed by atoms with Crippen LogP contribution in [-0.2, 0) is 29.1 Å². The third-order valence-corrected chi connectivity index (χ3v) is 5.40. The number of alkyl carbamates (subject to hydrolysis) is 1. The number of nitrogens with one attached hydrogen (secondary N) is 2. The lowest BCUT2D eigenvalue weighted by atomic mass is 9.99. The molecular formula is C24H31N3O3. The Bertz CT molecular complexity index is 867. The summed E-state index contributed by atoms with van der Waals surface area (Å²) in [6, 6.07) is 15.1. The molecule has 6 nitrogen and oxygen atoms in total. The van der Waals surface area contributed by atoms with Gasteiger partial charge in [-0.05, 0) is 41.5 Å². The Morgan fingerprint density at radius 2 is 1.87 bits per heavy atom. The molecule has 1 aliphatic heterocycles. The summed E-state index contributed by atoms with van der Waals surface area (Å²) in [6.45, 7) is 5.47. The standard InChI is InChI=1S/C24H31N3O3/c1-17(2)22(26-24(29)30-16-18-8-5-4-6-9-18)23(28)25-15-19-11-12-21-20(14-19)10-7-13-27(21)3/h4-6,8-9,11-12,14,17,22H,7,10,13,15-16H2,1-3H3,(H,25,28)(H,26,29)/t22-/m0/s1. The van der Waals surface area contributed by atoms with Crippen molar-refractivity contribution < 1.29 is 14.3 Å². The lowest BCUT2D eigenvalue weighted by Crippen LogP contribution is -2.49. The molecule has 3 rings (SSSR count). The first kappa shape index (κ1) is 21.7. The van der Waals surface area contributed by atoms with Crippen molar-refractivity contribution in [3.63, 3.8) is 0 Å². The number of nitrogens with zero attached hydrogens (tertiary/aromatic N) is 1. The Hall–Kier alpha value is -3.02. The van der Waals surface area contributed by atoms with Crippen molar-refractivity contribution in [2.45, 2.75) is 45.9 Å². The smallest absolute Gasteiger partial charge is 0.408 e. The van der Waals surface area contributed by atoms with Gasteiger partial charge in [0.2, 0.25) is 5.91 Å². The summed E-state index contributed by atoms with van der Waals surface area (Å²) in [6.07, 6.45) is 1.61. The van der Waals surface area contributed by atoms with E-state index in [1.807, 2.05) is 50.2 Å². The zero-order valence-electron chi connectivity index (χ0n) is 18.0. The van der Waals surface area contributed by atoms with Gasteiger partial charge in [0.1, 0.15) is 12.6 Å². The number of rotatable bonds is 7. The minimum absolute atomic E-state index is 0.0635. The van der Waals surface area contributed by atoms with E-state index < -0.39 is 12.1 Å². The second kappa shape index (κ2) is 10.1. The molecule has 0 radical (unpaired) electrons. The lowest BCUT2D eigenvalue weighted by molar-refractivity contribution is -0.124. The maximum Gasteiger partial charge on any atom is 0.408 e. The van der Waals surface area contributed by atoms with Gasteiger partial charge in [-0.2, -0.15) is 0 Å². The Labute approximate surface area is 178 Å². The van der Waals surface area contributed by atoms with Crippen LogP contribution >= 0.6 is 0 Å². The van der Waals surface area contributed by atoms with Crippen molar-refractivity contribution in [1.29, 1.82) is 0 Å². The Morgan fingerprint density at radius 3 is 2.60 bits per heavy atom. The third-order valence-electron chi connectivity index (χ3n) is 5.40. The van der Waals surface area contributed by atoms with E-state index in [0.717, 1.165) is 30.5 Å². The van der Waals surface area contributed by atoms with Gasteiger partial charge in [-0.25, -0.2) is 4.79 Å². The van der Waals surface area contributed by atoms with E-state index in [9.17, 15) is 9.59 Å². The summed E-state index contributed by atoms with van der Waals surface area (Å²) in [5.74, 6) is -0.275. The highest BCUT2D eigenvalue weighted by molar-refractivity contribution is 5.85. The Morgan fingerprint density at radius 1 is 1.10 bits per heavy atom. The van der Waals surface area contributed by atoms with E-state index in [2.05, 4.69) is 34.7 Å². The molecule has 0 aliphatic carbocycles. The van der Waals surface area contributed by atoms with Gasteiger partial charge in [-0.3, -0.25) is 4.79 Å². The summed E-state index contributed by atoms with van der Waals surface area (Å²) < 4.78 is 5.26. The van der Waals surface area contributed by atoms with Crippen molar-refractivity contribution in [3.05, 3.63) is 65.2 Å². The van der Waals surface area contributed by atoms with Gasteiger partial charge in [0.25, 0.3) is 0 Å². The van der Waals surface area contributed by atoms with Crippen LogP contribution < -0.4 is 15.5 Å². The molecule has 2 amide bonds. The van der Waals surface area contributed by atoms with Crippen molar-refractivity contribution in [2.24, 2.45) is 5.92 Å². The van der Waals surface area contributed by atoms with Gasteiger partial charge in [0, 0.05) is 25.8 Å². The number of aryl methyl sites for hydroxylation is 1. The molecule has 2 aromatic carbocycles. The molecule has 2 aromatic rings. The van der Waals surface area contributed by atoms with Crippen molar-refractivity contribution in [1.82, 2.24) is 10.6 Å². The SMILES string of the molecule is CC(C)[C@H](NC(=O)OCc1ccccc1)C(=O)NCc1ccc2c(c1)CCCN2C. The number of hydrogen-bond donors (Lipinski definition) is 2. The fourth-order valence-electron chi connectivity index (χ4n) is 3.67. The minimum Gasteiger partial charge on any atom is -0.445 e. The van der Waals surface area contributed by atoms with E-state index in [1.165, 1.54) is 11.3 Å². The van der Waals surface area contributed by atoms with Crippen LogP contribution in [0.3, 0.4) is 0 Å². The zero-order chi connectivity index (χ0) is 21.5. The quantitative estimate of drug-likeness (QED) is 0.733. The molecule has 0 saturated heterocycles. The van der Waals surface area contributed by atoms with Gasteiger partial charge in [-0.15, -0.1) is 0 Å². The molecule has 2 N–H and O–H groups in total. The van der Waals surface area contributed by atoms with Gasteiger partial charge < -0.3 is 20.3 Å². The zero-order valence-corrected chi connectivity index (χ0v) is 18.0. The first-order valence-electron chi connectivity index (χ1n) is 10.5. The number of fused-ring (bicyclic) bond motifs is 1. The van der Waals surface area contributed by atoms with E-state index >= 15 is 0 Å². The molecule has 30 heavy (non-hydrogen) atoms. The summed E-state index contributed by atoms with van der Waals surface area (Å²) >= 11 is 0. The van der Waals surface area contributed by atoms with E-state index in [4.69, 9.17) is 4.74 Å². The van der Waals surface area contributed by atoms with Crippen LogP contribution in [0.4, 0.5) is 10.5 Å². The predicted octanol–water partition coefficient (Wildman–Crippen LogP) is 3.64. The molecule has 1 heterocycles. The van der Waals surface area contributed by atoms with Crippen molar-refractivity contribution in [2.75, 3.05) is 18.5 Å². The molecule has 6 heteroatoms. The number of amides is 2. The maximum absolute atomic E-state index is 12.7. The highest BCUT2D eigenvalue weighted by atomic mass is 16.5. The highest BCUT2D eigenvalue weighted by Gasteiger charge is 2.25. The number of anilines is 1. The van der Waals surface area contributed by atoms with Gasteiger partial charge >= 0.3 is 6.09 Å².